The summed E-state index contributed by atoms with van der Waals surface area (Å²) in [6, 6.07) is 48.7. The highest BCUT2D eigenvalue weighted by Crippen LogP contribution is 2.63. The third-order valence-corrected chi connectivity index (χ3v) is 11.5. The van der Waals surface area contributed by atoms with Gasteiger partial charge in [0.05, 0.1) is 5.41 Å². The number of benzene rings is 6. The van der Waals surface area contributed by atoms with Crippen LogP contribution in [-0.4, -0.2) is 15.0 Å². The second kappa shape index (κ2) is 11.7. The van der Waals surface area contributed by atoms with Crippen molar-refractivity contribution in [2.45, 2.75) is 57.8 Å². The summed E-state index contributed by atoms with van der Waals surface area (Å²) in [5, 5.41) is 0. The summed E-state index contributed by atoms with van der Waals surface area (Å²) in [5.74, 6) is 1.99. The van der Waals surface area contributed by atoms with Gasteiger partial charge in [-0.1, -0.05) is 173 Å². The molecular formula is C48H40BrN3. The van der Waals surface area contributed by atoms with E-state index < -0.39 is 5.41 Å². The Kier molecular flexibility index (Phi) is 7.33. The molecule has 6 aromatic carbocycles. The lowest BCUT2D eigenvalue weighted by atomic mass is 9.70. The van der Waals surface area contributed by atoms with E-state index in [-0.39, 0.29) is 10.8 Å². The van der Waals surface area contributed by atoms with Gasteiger partial charge in [-0.2, -0.15) is 0 Å². The molecule has 0 radical (unpaired) electrons. The molecule has 0 N–H and O–H groups in total. The number of nitrogens with zero attached hydrogens (tertiary/aromatic N) is 3. The summed E-state index contributed by atoms with van der Waals surface area (Å²) in [6.07, 6.45) is 0. The molecule has 0 bridgehead atoms. The van der Waals surface area contributed by atoms with E-state index in [1.165, 1.54) is 55.6 Å². The molecular weight excluding hydrogens is 698 g/mol. The first-order chi connectivity index (χ1) is 24.9. The van der Waals surface area contributed by atoms with Gasteiger partial charge in [0.15, 0.2) is 17.5 Å². The molecule has 0 saturated heterocycles. The number of hydrogen-bond acceptors (Lipinski definition) is 3. The van der Waals surface area contributed by atoms with Crippen LogP contribution >= 0.6 is 15.9 Å². The van der Waals surface area contributed by atoms with Gasteiger partial charge < -0.3 is 0 Å². The van der Waals surface area contributed by atoms with Gasteiger partial charge in [0.1, 0.15) is 0 Å². The molecule has 2 aliphatic rings. The summed E-state index contributed by atoms with van der Waals surface area (Å²) in [4.78, 5) is 15.5. The van der Waals surface area contributed by atoms with Crippen LogP contribution in [0.15, 0.2) is 138 Å². The molecule has 0 amide bonds. The minimum atomic E-state index is -0.470. The molecule has 52 heavy (non-hydrogen) atoms. The van der Waals surface area contributed by atoms with Crippen molar-refractivity contribution < 1.29 is 0 Å². The molecule has 3 nitrogen and oxygen atoms in total. The third kappa shape index (κ3) is 5.03. The fourth-order valence-electron chi connectivity index (χ4n) is 8.25. The van der Waals surface area contributed by atoms with Crippen LogP contribution in [0.5, 0.6) is 0 Å². The zero-order chi connectivity index (χ0) is 36.0. The van der Waals surface area contributed by atoms with E-state index in [2.05, 4.69) is 191 Å². The smallest absolute Gasteiger partial charge is 0.164 e. The molecule has 0 fully saturated rings. The van der Waals surface area contributed by atoms with Gasteiger partial charge in [0.25, 0.3) is 0 Å². The molecule has 1 spiro atoms. The van der Waals surface area contributed by atoms with Crippen LogP contribution in [0.25, 0.3) is 56.4 Å². The first-order valence-electron chi connectivity index (χ1n) is 18.1. The SMILES string of the molecule is CC(C)(C)c1ccc(-c2nc(-c3ccc(C(C)(C)C)cc3)nc(-c3ccc4c(c3)C3(c5ccccc5-c5ccccc53)c3cc(Br)ccc3-4)n2)cc1. The fourth-order valence-corrected chi connectivity index (χ4v) is 8.61. The molecule has 4 heteroatoms. The monoisotopic (exact) mass is 737 g/mol. The average Bonchev–Trinajstić information content (AvgIpc) is 3.60. The van der Waals surface area contributed by atoms with Gasteiger partial charge >= 0.3 is 0 Å². The normalized spacial score (nSPS) is 13.8. The van der Waals surface area contributed by atoms with E-state index in [0.29, 0.717) is 17.5 Å². The molecule has 0 atom stereocenters. The fraction of sp³-hybridized carbons (Fsp3) is 0.188. The van der Waals surface area contributed by atoms with E-state index in [1.807, 2.05) is 0 Å². The Balaban J connectivity index is 1.27. The quantitative estimate of drug-likeness (QED) is 0.181. The standard InChI is InChI=1S/C48H40BrN3/c1-46(2,3)32-20-15-29(16-21-32)43-50-44(30-17-22-33(23-18-30)47(4,5)6)52-45(51-43)31-19-25-37-38-26-24-34(49)28-42(38)48(41(37)27-31)39-13-9-7-11-35(39)36-12-8-10-14-40(36)48/h7-28H,1-6H3. The van der Waals surface area contributed by atoms with Crippen molar-refractivity contribution >= 4 is 15.9 Å². The lowest BCUT2D eigenvalue weighted by Gasteiger charge is -2.30. The summed E-state index contributed by atoms with van der Waals surface area (Å²) >= 11 is 3.83. The molecule has 0 aliphatic heterocycles. The van der Waals surface area contributed by atoms with E-state index >= 15 is 0 Å². The van der Waals surface area contributed by atoms with Crippen molar-refractivity contribution in [3.8, 4) is 56.4 Å². The zero-order valence-corrected chi connectivity index (χ0v) is 32.0. The number of hydrogen-bond donors (Lipinski definition) is 0. The molecule has 1 aromatic heterocycles. The van der Waals surface area contributed by atoms with E-state index in [4.69, 9.17) is 15.0 Å². The van der Waals surface area contributed by atoms with Gasteiger partial charge in [0.2, 0.25) is 0 Å². The second-order valence-electron chi connectivity index (χ2n) is 16.3. The molecule has 0 unspecified atom stereocenters. The number of fused-ring (bicyclic) bond motifs is 10. The topological polar surface area (TPSA) is 38.7 Å². The highest BCUT2D eigenvalue weighted by atomic mass is 79.9. The molecule has 254 valence electrons. The van der Waals surface area contributed by atoms with Crippen LogP contribution in [0.1, 0.15) is 74.9 Å². The van der Waals surface area contributed by atoms with Crippen LogP contribution < -0.4 is 0 Å². The summed E-state index contributed by atoms with van der Waals surface area (Å²) in [6.45, 7) is 13.4. The number of rotatable bonds is 3. The van der Waals surface area contributed by atoms with Crippen molar-refractivity contribution in [2.75, 3.05) is 0 Å². The first kappa shape index (κ1) is 32.7. The lowest BCUT2D eigenvalue weighted by Crippen LogP contribution is -2.26. The Bertz CT molecular complexity index is 2410. The predicted octanol–water partition coefficient (Wildman–Crippen LogP) is 12.6. The minimum Gasteiger partial charge on any atom is -0.208 e. The van der Waals surface area contributed by atoms with Crippen molar-refractivity contribution in [3.63, 3.8) is 0 Å². The van der Waals surface area contributed by atoms with Crippen molar-refractivity contribution in [1.29, 1.82) is 0 Å². The van der Waals surface area contributed by atoms with Crippen LogP contribution in [-0.2, 0) is 16.2 Å². The number of halogens is 1. The Morgan fingerprint density at radius 2 is 0.788 bits per heavy atom. The van der Waals surface area contributed by atoms with E-state index in [1.54, 1.807) is 0 Å². The van der Waals surface area contributed by atoms with Crippen LogP contribution in [0, 0.1) is 0 Å². The maximum atomic E-state index is 5.21. The van der Waals surface area contributed by atoms with Crippen LogP contribution in [0.4, 0.5) is 0 Å². The van der Waals surface area contributed by atoms with Gasteiger partial charge in [-0.25, -0.2) is 15.0 Å². The summed E-state index contributed by atoms with van der Waals surface area (Å²) in [5.41, 5.74) is 15.3. The van der Waals surface area contributed by atoms with Gasteiger partial charge in [0, 0.05) is 21.2 Å². The van der Waals surface area contributed by atoms with Gasteiger partial charge in [-0.05, 0) is 84.7 Å². The van der Waals surface area contributed by atoms with Crippen molar-refractivity contribution in [2.24, 2.45) is 0 Å². The first-order valence-corrected chi connectivity index (χ1v) is 18.8. The van der Waals surface area contributed by atoms with E-state index in [9.17, 15) is 0 Å². The molecule has 7 aromatic rings. The Morgan fingerprint density at radius 1 is 0.404 bits per heavy atom. The van der Waals surface area contributed by atoms with E-state index in [0.717, 1.165) is 21.2 Å². The molecule has 2 aliphatic carbocycles. The van der Waals surface area contributed by atoms with Crippen molar-refractivity contribution in [1.82, 2.24) is 15.0 Å². The largest absolute Gasteiger partial charge is 0.208 e. The highest BCUT2D eigenvalue weighted by Gasteiger charge is 2.51. The number of aromatic nitrogens is 3. The zero-order valence-electron chi connectivity index (χ0n) is 30.4. The van der Waals surface area contributed by atoms with Crippen molar-refractivity contribution in [3.05, 3.63) is 171 Å². The van der Waals surface area contributed by atoms with Crippen LogP contribution in [0.3, 0.4) is 0 Å². The summed E-state index contributed by atoms with van der Waals surface area (Å²) < 4.78 is 1.07. The Labute approximate surface area is 315 Å². The molecule has 1 heterocycles. The Morgan fingerprint density at radius 3 is 1.27 bits per heavy atom. The maximum Gasteiger partial charge on any atom is 0.164 e. The van der Waals surface area contributed by atoms with Crippen LogP contribution in [0.2, 0.25) is 0 Å². The highest BCUT2D eigenvalue weighted by molar-refractivity contribution is 9.10. The molecule has 0 saturated carbocycles. The van der Waals surface area contributed by atoms with Gasteiger partial charge in [-0.15, -0.1) is 0 Å². The molecule has 9 rings (SSSR count). The Hall–Kier alpha value is -5.19. The summed E-state index contributed by atoms with van der Waals surface area (Å²) in [7, 11) is 0. The second-order valence-corrected chi connectivity index (χ2v) is 17.2. The predicted molar refractivity (Wildman–Crippen MR) is 218 cm³/mol. The maximum absolute atomic E-state index is 5.21. The lowest BCUT2D eigenvalue weighted by molar-refractivity contribution is 0.590. The average molecular weight is 739 g/mol. The van der Waals surface area contributed by atoms with Gasteiger partial charge in [-0.3, -0.25) is 0 Å². The minimum absolute atomic E-state index is 0.0494. The third-order valence-electron chi connectivity index (χ3n) is 11.0.